The quantitative estimate of drug-likeness (QED) is 0.289. The molecule has 0 fully saturated rings. The zero-order chi connectivity index (χ0) is 11.8. The molecule has 0 aliphatic heterocycles. The number of ketones is 1. The summed E-state index contributed by atoms with van der Waals surface area (Å²) in [6.07, 6.45) is 0. The number of Topliss-reactive ketones (excluding diaryl/α,β-unsaturated/α-hetero) is 1. The fraction of sp³-hybridized carbons (Fsp3) is 0.700. The molecule has 86 valence electrons. The Bertz CT molecular complexity index is 258. The van der Waals surface area contributed by atoms with E-state index in [1.165, 1.54) is 6.92 Å². The fourth-order valence-electron chi connectivity index (χ4n) is 0.696. The summed E-state index contributed by atoms with van der Waals surface area (Å²) in [5.74, 6) is -0.921. The van der Waals surface area contributed by atoms with E-state index in [2.05, 4.69) is 9.89 Å². The van der Waals surface area contributed by atoms with Crippen molar-refractivity contribution < 1.29 is 19.2 Å². The van der Waals surface area contributed by atoms with E-state index in [0.29, 0.717) is 6.61 Å². The van der Waals surface area contributed by atoms with Gasteiger partial charge in [0, 0.05) is 6.92 Å². The average Bonchev–Trinajstić information content (AvgIpc) is 2.11. The Labute approximate surface area is 89.4 Å². The van der Waals surface area contributed by atoms with Gasteiger partial charge in [-0.1, -0.05) is 19.0 Å². The van der Waals surface area contributed by atoms with Crippen LogP contribution in [0.2, 0.25) is 0 Å². The summed E-state index contributed by atoms with van der Waals surface area (Å²) >= 11 is 0. The van der Waals surface area contributed by atoms with Gasteiger partial charge in [-0.15, -0.1) is 0 Å². The summed E-state index contributed by atoms with van der Waals surface area (Å²) in [5, 5.41) is 3.47. The molecule has 0 heterocycles. The molecule has 5 heteroatoms. The number of ether oxygens (including phenoxy) is 1. The second-order valence-corrected chi connectivity index (χ2v) is 3.41. The minimum absolute atomic E-state index is 0.204. The Morgan fingerprint density at radius 2 is 1.93 bits per heavy atom. The number of hydrogen-bond donors (Lipinski definition) is 0. The van der Waals surface area contributed by atoms with Gasteiger partial charge in [0.25, 0.3) is 0 Å². The van der Waals surface area contributed by atoms with Crippen molar-refractivity contribution in [3.8, 4) is 0 Å². The molecule has 0 aromatic carbocycles. The first-order valence-corrected chi connectivity index (χ1v) is 4.87. The summed E-state index contributed by atoms with van der Waals surface area (Å²) in [6, 6.07) is 0. The molecule has 0 N–H and O–H groups in total. The van der Waals surface area contributed by atoms with Crippen LogP contribution < -0.4 is 0 Å². The fourth-order valence-corrected chi connectivity index (χ4v) is 0.696. The van der Waals surface area contributed by atoms with Crippen LogP contribution in [0.1, 0.15) is 27.7 Å². The van der Waals surface area contributed by atoms with E-state index >= 15 is 0 Å². The summed E-state index contributed by atoms with van der Waals surface area (Å²) < 4.78 is 4.65. The van der Waals surface area contributed by atoms with Gasteiger partial charge in [-0.25, -0.2) is 4.79 Å². The van der Waals surface area contributed by atoms with Crippen LogP contribution in [0.15, 0.2) is 5.16 Å². The second-order valence-electron chi connectivity index (χ2n) is 3.41. The minimum atomic E-state index is -0.742. The smallest absolute Gasteiger partial charge is 0.364 e. The van der Waals surface area contributed by atoms with Crippen LogP contribution in [0, 0.1) is 5.92 Å². The summed E-state index contributed by atoms with van der Waals surface area (Å²) in [4.78, 5) is 27.1. The van der Waals surface area contributed by atoms with E-state index in [9.17, 15) is 9.59 Å². The number of rotatable bonds is 6. The SMILES string of the molecule is CCOC(=O)/C(=N/OCC(C)C)C(C)=O. The van der Waals surface area contributed by atoms with Crippen molar-refractivity contribution in [2.24, 2.45) is 11.1 Å². The van der Waals surface area contributed by atoms with Crippen molar-refractivity contribution in [1.29, 1.82) is 0 Å². The minimum Gasteiger partial charge on any atom is -0.461 e. The van der Waals surface area contributed by atoms with E-state index in [1.807, 2.05) is 13.8 Å². The molecule has 0 saturated heterocycles. The van der Waals surface area contributed by atoms with Gasteiger partial charge in [0.2, 0.25) is 5.71 Å². The van der Waals surface area contributed by atoms with Gasteiger partial charge < -0.3 is 9.57 Å². The summed E-state index contributed by atoms with van der Waals surface area (Å²) in [6.45, 7) is 7.34. The van der Waals surface area contributed by atoms with Crippen LogP contribution in [-0.4, -0.2) is 30.7 Å². The van der Waals surface area contributed by atoms with Crippen molar-refractivity contribution >= 4 is 17.5 Å². The number of carbonyl (C=O) groups is 2. The molecule has 0 rings (SSSR count). The van der Waals surface area contributed by atoms with Gasteiger partial charge in [0.15, 0.2) is 5.78 Å². The van der Waals surface area contributed by atoms with Crippen molar-refractivity contribution in [1.82, 2.24) is 0 Å². The molecule has 0 radical (unpaired) electrons. The van der Waals surface area contributed by atoms with Gasteiger partial charge in [0.1, 0.15) is 6.61 Å². The zero-order valence-corrected chi connectivity index (χ0v) is 9.57. The Kier molecular flexibility index (Phi) is 6.33. The van der Waals surface area contributed by atoms with Gasteiger partial charge in [-0.2, -0.15) is 0 Å². The Morgan fingerprint density at radius 3 is 2.33 bits per heavy atom. The van der Waals surface area contributed by atoms with Crippen LogP contribution in [0.5, 0.6) is 0 Å². The monoisotopic (exact) mass is 215 g/mol. The lowest BCUT2D eigenvalue weighted by molar-refractivity contribution is -0.136. The van der Waals surface area contributed by atoms with Gasteiger partial charge >= 0.3 is 5.97 Å². The molecule has 0 aliphatic rings. The lowest BCUT2D eigenvalue weighted by Gasteiger charge is -2.04. The number of esters is 1. The molecule has 0 saturated carbocycles. The molecular weight excluding hydrogens is 198 g/mol. The molecule has 0 bridgehead atoms. The molecule has 0 amide bonds. The lowest BCUT2D eigenvalue weighted by Crippen LogP contribution is -2.25. The maximum Gasteiger partial charge on any atom is 0.364 e. The maximum atomic E-state index is 11.2. The first-order chi connectivity index (χ1) is 6.99. The third-order valence-electron chi connectivity index (χ3n) is 1.37. The van der Waals surface area contributed by atoms with E-state index in [-0.39, 0.29) is 18.2 Å². The zero-order valence-electron chi connectivity index (χ0n) is 9.57. The van der Waals surface area contributed by atoms with Gasteiger partial charge in [-0.05, 0) is 12.8 Å². The van der Waals surface area contributed by atoms with Crippen LogP contribution in [0.3, 0.4) is 0 Å². The number of hydrogen-bond acceptors (Lipinski definition) is 5. The van der Waals surface area contributed by atoms with Crippen molar-refractivity contribution in [3.05, 3.63) is 0 Å². The largest absolute Gasteiger partial charge is 0.461 e. The Hall–Kier alpha value is -1.39. The third kappa shape index (κ3) is 5.83. The molecule has 0 aromatic heterocycles. The third-order valence-corrected chi connectivity index (χ3v) is 1.37. The summed E-state index contributed by atoms with van der Waals surface area (Å²) in [5.41, 5.74) is -0.294. The van der Waals surface area contributed by atoms with E-state index in [4.69, 9.17) is 4.84 Å². The van der Waals surface area contributed by atoms with Crippen LogP contribution in [-0.2, 0) is 19.2 Å². The summed E-state index contributed by atoms with van der Waals surface area (Å²) in [7, 11) is 0. The maximum absolute atomic E-state index is 11.2. The van der Waals surface area contributed by atoms with Crippen molar-refractivity contribution in [2.75, 3.05) is 13.2 Å². The topological polar surface area (TPSA) is 65.0 Å². The Morgan fingerprint density at radius 1 is 1.33 bits per heavy atom. The van der Waals surface area contributed by atoms with E-state index < -0.39 is 11.8 Å². The molecule has 0 unspecified atom stereocenters. The standard InChI is InChI=1S/C10H17NO4/c1-5-14-10(13)9(8(4)12)11-15-6-7(2)3/h7H,5-6H2,1-4H3/b11-9+. The highest BCUT2D eigenvalue weighted by molar-refractivity contribution is 6.63. The number of oxime groups is 1. The average molecular weight is 215 g/mol. The number of carbonyl (C=O) groups excluding carboxylic acids is 2. The second kappa shape index (κ2) is 6.98. The molecule has 0 spiro atoms. The highest BCUT2D eigenvalue weighted by atomic mass is 16.6. The highest BCUT2D eigenvalue weighted by Gasteiger charge is 2.18. The normalized spacial score (nSPS) is 11.4. The molecule has 0 aromatic rings. The lowest BCUT2D eigenvalue weighted by atomic mass is 10.2. The molecule has 0 atom stereocenters. The predicted molar refractivity (Wildman–Crippen MR) is 55.5 cm³/mol. The van der Waals surface area contributed by atoms with Gasteiger partial charge in [0.05, 0.1) is 6.61 Å². The molecule has 15 heavy (non-hydrogen) atoms. The first kappa shape index (κ1) is 13.6. The van der Waals surface area contributed by atoms with Crippen molar-refractivity contribution in [2.45, 2.75) is 27.7 Å². The van der Waals surface area contributed by atoms with Gasteiger partial charge in [-0.3, -0.25) is 4.79 Å². The first-order valence-electron chi connectivity index (χ1n) is 4.87. The molecular formula is C10H17NO4. The molecule has 0 aliphatic carbocycles. The molecule has 5 nitrogen and oxygen atoms in total. The van der Waals surface area contributed by atoms with Crippen LogP contribution in [0.4, 0.5) is 0 Å². The number of nitrogens with zero attached hydrogens (tertiary/aromatic N) is 1. The van der Waals surface area contributed by atoms with E-state index in [0.717, 1.165) is 0 Å². The highest BCUT2D eigenvalue weighted by Crippen LogP contribution is 1.95. The van der Waals surface area contributed by atoms with Crippen molar-refractivity contribution in [3.63, 3.8) is 0 Å². The van der Waals surface area contributed by atoms with E-state index in [1.54, 1.807) is 6.92 Å². The Balaban J connectivity index is 4.38. The predicted octanol–water partition coefficient (Wildman–Crippen LogP) is 1.17. The van der Waals surface area contributed by atoms with Crippen LogP contribution in [0.25, 0.3) is 0 Å². The van der Waals surface area contributed by atoms with Crippen LogP contribution >= 0.6 is 0 Å².